The molecule has 1 atom stereocenters. The minimum absolute atomic E-state index is 0.0709. The zero-order chi connectivity index (χ0) is 19.4. The van der Waals surface area contributed by atoms with E-state index in [0.717, 1.165) is 13.2 Å². The van der Waals surface area contributed by atoms with Crippen molar-refractivity contribution in [1.29, 1.82) is 0 Å². The van der Waals surface area contributed by atoms with Gasteiger partial charge in [0, 0.05) is 5.56 Å². The maximum Gasteiger partial charge on any atom is 0.432 e. The third-order valence-corrected chi connectivity index (χ3v) is 3.48. The van der Waals surface area contributed by atoms with Gasteiger partial charge in [-0.25, -0.2) is 4.79 Å². The van der Waals surface area contributed by atoms with Gasteiger partial charge in [0.25, 0.3) is 5.60 Å². The van der Waals surface area contributed by atoms with Crippen LogP contribution >= 0.6 is 0 Å². The molecule has 25 heavy (non-hydrogen) atoms. The first-order chi connectivity index (χ1) is 11.5. The van der Waals surface area contributed by atoms with Crippen molar-refractivity contribution in [3.63, 3.8) is 0 Å². The molecular weight excluding hydrogens is 347 g/mol. The lowest BCUT2D eigenvalue weighted by Gasteiger charge is -2.30. The van der Waals surface area contributed by atoms with Crippen molar-refractivity contribution in [1.82, 2.24) is 0 Å². The van der Waals surface area contributed by atoms with Gasteiger partial charge in [-0.05, 0) is 24.6 Å². The fourth-order valence-corrected chi connectivity index (χ4v) is 2.15. The second-order valence-electron chi connectivity index (χ2n) is 5.00. The van der Waals surface area contributed by atoms with Crippen LogP contribution in [0.1, 0.15) is 11.1 Å². The summed E-state index contributed by atoms with van der Waals surface area (Å²) in [5.74, 6) is -2.60. The van der Waals surface area contributed by atoms with E-state index < -0.39 is 29.3 Å². The molecule has 1 aromatic carbocycles. The SMILES string of the molecule is COC(=O)CNc1cc(C)c([C@@](O)(C(=O)OC)C(F)(F)F)cc1OC. The van der Waals surface area contributed by atoms with Crippen LogP contribution < -0.4 is 10.1 Å². The average Bonchev–Trinajstić information content (AvgIpc) is 2.56. The number of methoxy groups -OCH3 is 3. The summed E-state index contributed by atoms with van der Waals surface area (Å²) in [6, 6.07) is 2.07. The van der Waals surface area contributed by atoms with E-state index in [1.54, 1.807) is 0 Å². The van der Waals surface area contributed by atoms with E-state index >= 15 is 0 Å². The van der Waals surface area contributed by atoms with Crippen molar-refractivity contribution < 1.29 is 42.1 Å². The molecule has 0 bridgehead atoms. The van der Waals surface area contributed by atoms with Crippen molar-refractivity contribution in [3.05, 3.63) is 23.3 Å². The number of carbonyl (C=O) groups is 2. The Morgan fingerprint density at radius 3 is 2.20 bits per heavy atom. The summed E-state index contributed by atoms with van der Waals surface area (Å²) in [4.78, 5) is 22.8. The number of rotatable bonds is 6. The molecule has 10 heteroatoms. The molecule has 0 spiro atoms. The Bertz CT molecular complexity index is 661. The number of hydrogen-bond acceptors (Lipinski definition) is 7. The second kappa shape index (κ2) is 7.60. The molecule has 0 heterocycles. The number of nitrogens with one attached hydrogen (secondary N) is 1. The molecule has 0 aromatic heterocycles. The molecule has 7 nitrogen and oxygen atoms in total. The van der Waals surface area contributed by atoms with Gasteiger partial charge in [0.15, 0.2) is 0 Å². The smallest absolute Gasteiger partial charge is 0.432 e. The Balaban J connectivity index is 3.46. The Morgan fingerprint density at radius 2 is 1.76 bits per heavy atom. The monoisotopic (exact) mass is 365 g/mol. The molecule has 0 saturated heterocycles. The maximum atomic E-state index is 13.4. The number of anilines is 1. The molecule has 0 unspecified atom stereocenters. The summed E-state index contributed by atoms with van der Waals surface area (Å²) < 4.78 is 53.7. The van der Waals surface area contributed by atoms with Gasteiger partial charge in [0.1, 0.15) is 12.3 Å². The lowest BCUT2D eigenvalue weighted by Crippen LogP contribution is -2.50. The average molecular weight is 365 g/mol. The second-order valence-corrected chi connectivity index (χ2v) is 5.00. The minimum atomic E-state index is -5.32. The van der Waals surface area contributed by atoms with Gasteiger partial charge in [0.05, 0.1) is 27.0 Å². The Kier molecular flexibility index (Phi) is 6.25. The number of halogens is 3. The highest BCUT2D eigenvalue weighted by molar-refractivity contribution is 5.84. The zero-order valence-corrected chi connectivity index (χ0v) is 14.0. The molecule has 1 rings (SSSR count). The Morgan fingerprint density at radius 1 is 1.16 bits per heavy atom. The van der Waals surface area contributed by atoms with Crippen LogP contribution in [0.4, 0.5) is 18.9 Å². The summed E-state index contributed by atoms with van der Waals surface area (Å²) in [5.41, 5.74) is -4.49. The fourth-order valence-electron chi connectivity index (χ4n) is 2.15. The first kappa shape index (κ1) is 20.6. The van der Waals surface area contributed by atoms with Crippen LogP contribution in [0.2, 0.25) is 0 Å². The molecule has 2 N–H and O–H groups in total. The fraction of sp³-hybridized carbons (Fsp3) is 0.467. The number of aliphatic hydroxyl groups is 1. The molecule has 0 aliphatic heterocycles. The summed E-state index contributed by atoms with van der Waals surface area (Å²) in [6.45, 7) is 1.00. The predicted octanol–water partition coefficient (Wildman–Crippen LogP) is 1.51. The van der Waals surface area contributed by atoms with E-state index in [4.69, 9.17) is 4.74 Å². The van der Waals surface area contributed by atoms with Gasteiger partial charge in [0.2, 0.25) is 0 Å². The van der Waals surface area contributed by atoms with Gasteiger partial charge in [-0.1, -0.05) is 0 Å². The molecule has 0 amide bonds. The number of hydrogen-bond donors (Lipinski definition) is 2. The molecule has 0 saturated carbocycles. The summed E-state index contributed by atoms with van der Waals surface area (Å²) in [5, 5.41) is 12.7. The van der Waals surface area contributed by atoms with E-state index in [1.807, 2.05) is 0 Å². The maximum absolute atomic E-state index is 13.4. The normalized spacial score (nSPS) is 13.6. The van der Waals surface area contributed by atoms with Crippen LogP contribution in [-0.4, -0.2) is 51.1 Å². The number of aryl methyl sites for hydroxylation is 1. The molecule has 0 radical (unpaired) electrons. The number of esters is 2. The lowest BCUT2D eigenvalue weighted by molar-refractivity contribution is -0.267. The van der Waals surface area contributed by atoms with Crippen LogP contribution in [-0.2, 0) is 24.7 Å². The number of benzene rings is 1. The van der Waals surface area contributed by atoms with Gasteiger partial charge in [-0.2, -0.15) is 13.2 Å². The highest BCUT2D eigenvalue weighted by atomic mass is 19.4. The minimum Gasteiger partial charge on any atom is -0.495 e. The van der Waals surface area contributed by atoms with Crippen molar-refractivity contribution in [2.45, 2.75) is 18.7 Å². The van der Waals surface area contributed by atoms with Crippen LogP contribution in [0.5, 0.6) is 5.75 Å². The van der Waals surface area contributed by atoms with E-state index in [0.29, 0.717) is 0 Å². The van der Waals surface area contributed by atoms with Crippen LogP contribution in [0, 0.1) is 6.92 Å². The Hall–Kier alpha value is -2.49. The largest absolute Gasteiger partial charge is 0.495 e. The molecule has 0 fully saturated rings. The topological polar surface area (TPSA) is 94.1 Å². The van der Waals surface area contributed by atoms with Gasteiger partial charge >= 0.3 is 18.1 Å². The molecule has 0 aliphatic rings. The van der Waals surface area contributed by atoms with Gasteiger partial charge in [-0.3, -0.25) is 4.79 Å². The Labute approximate surface area is 141 Å². The van der Waals surface area contributed by atoms with Crippen molar-refractivity contribution in [2.24, 2.45) is 0 Å². The molecule has 0 aliphatic carbocycles. The first-order valence-electron chi connectivity index (χ1n) is 6.90. The molecule has 140 valence electrons. The quantitative estimate of drug-likeness (QED) is 0.738. The van der Waals surface area contributed by atoms with Crippen molar-refractivity contribution >= 4 is 17.6 Å². The van der Waals surface area contributed by atoms with E-state index in [1.165, 1.54) is 27.2 Å². The third kappa shape index (κ3) is 3.95. The van der Waals surface area contributed by atoms with E-state index in [-0.39, 0.29) is 23.5 Å². The third-order valence-electron chi connectivity index (χ3n) is 3.48. The van der Waals surface area contributed by atoms with Crippen LogP contribution in [0.25, 0.3) is 0 Å². The predicted molar refractivity (Wildman–Crippen MR) is 80.2 cm³/mol. The summed E-state index contributed by atoms with van der Waals surface area (Å²) in [6.07, 6.45) is -5.32. The lowest BCUT2D eigenvalue weighted by atomic mass is 9.88. The summed E-state index contributed by atoms with van der Waals surface area (Å²) in [7, 11) is 3.09. The molecular formula is C15H18F3NO6. The van der Waals surface area contributed by atoms with E-state index in [9.17, 15) is 27.9 Å². The standard InChI is InChI=1S/C15H18F3NO6/c1-8-5-10(19-7-12(20)24-3)11(23-2)6-9(8)14(22,13(21)25-4)15(16,17)18/h5-6,19,22H,7H2,1-4H3/t14-/m1/s1. The highest BCUT2D eigenvalue weighted by Crippen LogP contribution is 2.43. The highest BCUT2D eigenvalue weighted by Gasteiger charge is 2.62. The zero-order valence-electron chi connectivity index (χ0n) is 14.0. The van der Waals surface area contributed by atoms with Crippen LogP contribution in [0.15, 0.2) is 12.1 Å². The molecule has 1 aromatic rings. The van der Waals surface area contributed by atoms with E-state index in [2.05, 4.69) is 14.8 Å². The number of carbonyl (C=O) groups excluding carboxylic acids is 2. The van der Waals surface area contributed by atoms with Gasteiger partial charge in [-0.15, -0.1) is 0 Å². The van der Waals surface area contributed by atoms with Gasteiger partial charge < -0.3 is 24.6 Å². The summed E-state index contributed by atoms with van der Waals surface area (Å²) >= 11 is 0. The number of alkyl halides is 3. The van der Waals surface area contributed by atoms with Crippen LogP contribution in [0.3, 0.4) is 0 Å². The van der Waals surface area contributed by atoms with Crippen molar-refractivity contribution in [3.8, 4) is 5.75 Å². The van der Waals surface area contributed by atoms with Crippen molar-refractivity contribution in [2.75, 3.05) is 33.2 Å². The first-order valence-corrected chi connectivity index (χ1v) is 6.90. The number of ether oxygens (including phenoxy) is 3.